The Kier molecular flexibility index (Phi) is 6.03. The van der Waals surface area contributed by atoms with E-state index in [1.54, 1.807) is 11.3 Å². The number of aryl methyl sites for hydroxylation is 1. The first-order chi connectivity index (χ1) is 7.63. The standard InChI is InChI=1S/C13H23NOS/c1-10(2)5-4-8-15-12(9-14)13-7-6-11(3)16-13/h6-7,10,12H,4-5,8-9,14H2,1-3H3. The number of ether oxygens (including phenoxy) is 1. The van der Waals surface area contributed by atoms with Gasteiger partial charge in [-0.3, -0.25) is 0 Å². The van der Waals surface area contributed by atoms with Crippen molar-refractivity contribution in [2.45, 2.75) is 39.7 Å². The lowest BCUT2D eigenvalue weighted by molar-refractivity contribution is 0.0569. The topological polar surface area (TPSA) is 35.2 Å². The van der Waals surface area contributed by atoms with Crippen LogP contribution in [0.2, 0.25) is 0 Å². The molecule has 1 unspecified atom stereocenters. The van der Waals surface area contributed by atoms with Crippen LogP contribution in [0, 0.1) is 12.8 Å². The molecule has 1 heterocycles. The first-order valence-corrected chi connectivity index (χ1v) is 6.83. The van der Waals surface area contributed by atoms with Gasteiger partial charge in [0.25, 0.3) is 0 Å². The van der Waals surface area contributed by atoms with E-state index < -0.39 is 0 Å². The van der Waals surface area contributed by atoms with Crippen LogP contribution in [-0.4, -0.2) is 13.2 Å². The van der Waals surface area contributed by atoms with Crippen molar-refractivity contribution in [2.24, 2.45) is 11.7 Å². The number of hydrogen-bond donors (Lipinski definition) is 1. The van der Waals surface area contributed by atoms with Gasteiger partial charge in [0, 0.05) is 22.9 Å². The minimum Gasteiger partial charge on any atom is -0.371 e. The summed E-state index contributed by atoms with van der Waals surface area (Å²) >= 11 is 1.78. The van der Waals surface area contributed by atoms with E-state index in [1.165, 1.54) is 16.2 Å². The zero-order valence-corrected chi connectivity index (χ0v) is 11.3. The SMILES string of the molecule is Cc1ccc(C(CN)OCCCC(C)C)s1. The van der Waals surface area contributed by atoms with Crippen molar-refractivity contribution in [3.63, 3.8) is 0 Å². The number of rotatable bonds is 7. The van der Waals surface area contributed by atoms with Gasteiger partial charge in [0.1, 0.15) is 6.10 Å². The first-order valence-electron chi connectivity index (χ1n) is 6.01. The van der Waals surface area contributed by atoms with Gasteiger partial charge in [-0.1, -0.05) is 13.8 Å². The predicted molar refractivity (Wildman–Crippen MR) is 70.9 cm³/mol. The molecular weight excluding hydrogens is 218 g/mol. The maximum absolute atomic E-state index is 5.83. The summed E-state index contributed by atoms with van der Waals surface area (Å²) in [5.74, 6) is 0.754. The summed E-state index contributed by atoms with van der Waals surface area (Å²) in [6, 6.07) is 4.25. The fraction of sp³-hybridized carbons (Fsp3) is 0.692. The molecule has 0 saturated carbocycles. The average molecular weight is 241 g/mol. The molecule has 0 aliphatic rings. The lowest BCUT2D eigenvalue weighted by Gasteiger charge is -2.14. The largest absolute Gasteiger partial charge is 0.371 e. The molecule has 1 aromatic rings. The fourth-order valence-electron chi connectivity index (χ4n) is 1.61. The second-order valence-corrected chi connectivity index (χ2v) is 5.90. The molecule has 0 aliphatic carbocycles. The number of nitrogens with two attached hydrogens (primary N) is 1. The second-order valence-electron chi connectivity index (χ2n) is 4.58. The second kappa shape index (κ2) is 7.05. The Bertz CT molecular complexity index is 296. The van der Waals surface area contributed by atoms with Crippen molar-refractivity contribution in [3.8, 4) is 0 Å². The quantitative estimate of drug-likeness (QED) is 0.741. The predicted octanol–water partition coefficient (Wildman–Crippen LogP) is 3.51. The molecule has 0 saturated heterocycles. The molecule has 92 valence electrons. The van der Waals surface area contributed by atoms with Gasteiger partial charge in [-0.25, -0.2) is 0 Å². The summed E-state index contributed by atoms with van der Waals surface area (Å²) in [5, 5.41) is 0. The third-order valence-corrected chi connectivity index (χ3v) is 3.63. The van der Waals surface area contributed by atoms with E-state index in [1.807, 2.05) is 0 Å². The Balaban J connectivity index is 2.32. The van der Waals surface area contributed by atoms with E-state index in [0.29, 0.717) is 6.54 Å². The molecule has 1 rings (SSSR count). The molecule has 3 heteroatoms. The maximum atomic E-state index is 5.83. The van der Waals surface area contributed by atoms with E-state index >= 15 is 0 Å². The summed E-state index contributed by atoms with van der Waals surface area (Å²) in [5.41, 5.74) is 5.74. The van der Waals surface area contributed by atoms with Gasteiger partial charge >= 0.3 is 0 Å². The molecule has 0 radical (unpaired) electrons. The van der Waals surface area contributed by atoms with Crippen molar-refractivity contribution in [3.05, 3.63) is 21.9 Å². The van der Waals surface area contributed by atoms with Crippen LogP contribution in [0.5, 0.6) is 0 Å². The van der Waals surface area contributed by atoms with Crippen LogP contribution < -0.4 is 5.73 Å². The Labute approximate surface area is 103 Å². The Morgan fingerprint density at radius 3 is 2.62 bits per heavy atom. The molecule has 0 amide bonds. The van der Waals surface area contributed by atoms with E-state index in [-0.39, 0.29) is 6.10 Å². The molecule has 2 nitrogen and oxygen atoms in total. The van der Waals surface area contributed by atoms with E-state index in [4.69, 9.17) is 10.5 Å². The monoisotopic (exact) mass is 241 g/mol. The first kappa shape index (κ1) is 13.7. The van der Waals surface area contributed by atoms with Crippen molar-refractivity contribution >= 4 is 11.3 Å². The van der Waals surface area contributed by atoms with Gasteiger partial charge in [0.2, 0.25) is 0 Å². The van der Waals surface area contributed by atoms with Crippen LogP contribution in [0.25, 0.3) is 0 Å². The van der Waals surface area contributed by atoms with Crippen LogP contribution in [-0.2, 0) is 4.74 Å². The van der Waals surface area contributed by atoms with Crippen molar-refractivity contribution in [1.29, 1.82) is 0 Å². The molecular formula is C13H23NOS. The summed E-state index contributed by atoms with van der Waals surface area (Å²) in [6.07, 6.45) is 2.44. The van der Waals surface area contributed by atoms with E-state index in [9.17, 15) is 0 Å². The highest BCUT2D eigenvalue weighted by atomic mass is 32.1. The number of hydrogen-bond acceptors (Lipinski definition) is 3. The minimum atomic E-state index is 0.0888. The highest BCUT2D eigenvalue weighted by molar-refractivity contribution is 7.12. The molecule has 0 bridgehead atoms. The zero-order chi connectivity index (χ0) is 12.0. The smallest absolute Gasteiger partial charge is 0.104 e. The Hall–Kier alpha value is -0.380. The molecule has 0 spiro atoms. The molecule has 2 N–H and O–H groups in total. The third-order valence-electron chi connectivity index (χ3n) is 2.54. The van der Waals surface area contributed by atoms with Crippen LogP contribution in [0.15, 0.2) is 12.1 Å². The highest BCUT2D eigenvalue weighted by Gasteiger charge is 2.11. The normalized spacial score (nSPS) is 13.3. The van der Waals surface area contributed by atoms with E-state index in [2.05, 4.69) is 32.9 Å². The van der Waals surface area contributed by atoms with Gasteiger partial charge < -0.3 is 10.5 Å². The van der Waals surface area contributed by atoms with Crippen molar-refractivity contribution in [1.82, 2.24) is 0 Å². The molecule has 1 aromatic heterocycles. The molecule has 0 aliphatic heterocycles. The highest BCUT2D eigenvalue weighted by Crippen LogP contribution is 2.25. The summed E-state index contributed by atoms with van der Waals surface area (Å²) < 4.78 is 5.83. The molecule has 0 fully saturated rings. The zero-order valence-electron chi connectivity index (χ0n) is 10.5. The molecule has 1 atom stereocenters. The lowest BCUT2D eigenvalue weighted by Crippen LogP contribution is -2.15. The Morgan fingerprint density at radius 2 is 2.12 bits per heavy atom. The van der Waals surface area contributed by atoms with Gasteiger partial charge in [0.15, 0.2) is 0 Å². The summed E-state index contributed by atoms with van der Waals surface area (Å²) in [4.78, 5) is 2.57. The van der Waals surface area contributed by atoms with Gasteiger partial charge in [0.05, 0.1) is 0 Å². The van der Waals surface area contributed by atoms with Crippen molar-refractivity contribution in [2.75, 3.05) is 13.2 Å². The van der Waals surface area contributed by atoms with E-state index in [0.717, 1.165) is 18.9 Å². The molecule has 0 aromatic carbocycles. The van der Waals surface area contributed by atoms with Crippen LogP contribution in [0.1, 0.15) is 42.5 Å². The third kappa shape index (κ3) is 4.64. The minimum absolute atomic E-state index is 0.0888. The van der Waals surface area contributed by atoms with Crippen LogP contribution in [0.3, 0.4) is 0 Å². The summed E-state index contributed by atoms with van der Waals surface area (Å²) in [6.45, 7) is 7.98. The lowest BCUT2D eigenvalue weighted by atomic mass is 10.1. The summed E-state index contributed by atoms with van der Waals surface area (Å²) in [7, 11) is 0. The van der Waals surface area contributed by atoms with Gasteiger partial charge in [-0.15, -0.1) is 11.3 Å². The van der Waals surface area contributed by atoms with Crippen molar-refractivity contribution < 1.29 is 4.74 Å². The van der Waals surface area contributed by atoms with Crippen LogP contribution >= 0.6 is 11.3 Å². The van der Waals surface area contributed by atoms with Gasteiger partial charge in [-0.2, -0.15) is 0 Å². The van der Waals surface area contributed by atoms with Crippen LogP contribution in [0.4, 0.5) is 0 Å². The average Bonchev–Trinajstić information content (AvgIpc) is 2.64. The molecule has 16 heavy (non-hydrogen) atoms. The Morgan fingerprint density at radius 1 is 1.38 bits per heavy atom. The van der Waals surface area contributed by atoms with Gasteiger partial charge in [-0.05, 0) is 37.8 Å². The fourth-order valence-corrected chi connectivity index (χ4v) is 2.55. The maximum Gasteiger partial charge on any atom is 0.104 e. The number of thiophene rings is 1.